The maximum Gasteiger partial charge on any atom is 2.00 e. The normalized spacial score (nSPS) is 11.4. The molecule has 0 amide bonds. The van der Waals surface area contributed by atoms with E-state index in [0.29, 0.717) is 23.0 Å². The van der Waals surface area contributed by atoms with Crippen LogP contribution < -0.4 is 4.74 Å². The zero-order valence-corrected chi connectivity index (χ0v) is 27.7. The van der Waals surface area contributed by atoms with Gasteiger partial charge in [-0.05, 0) is 42.5 Å². The number of pyridine rings is 1. The van der Waals surface area contributed by atoms with Gasteiger partial charge in [0.05, 0.1) is 29.2 Å². The zero-order chi connectivity index (χ0) is 30.8. The molecule has 4 aromatic heterocycles. The van der Waals surface area contributed by atoms with Crippen LogP contribution in [-0.4, -0.2) is 19.1 Å². The number of aromatic nitrogens is 4. The Balaban J connectivity index is 0.00000324. The number of aryl methyl sites for hydroxylation is 2. The predicted octanol–water partition coefficient (Wildman–Crippen LogP) is 9.94. The Morgan fingerprint density at radius 3 is 2.13 bits per heavy atom. The molecule has 5 aromatic carbocycles. The van der Waals surface area contributed by atoms with Crippen LogP contribution in [0.1, 0.15) is 11.1 Å². The molecule has 6 nitrogen and oxygen atoms in total. The Hall–Kier alpha value is -5.45. The van der Waals surface area contributed by atoms with Crippen LogP contribution in [0.15, 0.2) is 126 Å². The molecule has 0 saturated carbocycles. The van der Waals surface area contributed by atoms with Crippen LogP contribution in [0.3, 0.4) is 0 Å². The molecule has 0 aliphatic heterocycles. The Morgan fingerprint density at radius 1 is 0.638 bits per heavy atom. The number of benzene rings is 5. The van der Waals surface area contributed by atoms with E-state index in [0.717, 1.165) is 33.3 Å². The third kappa shape index (κ3) is 4.67. The molecule has 0 atom stereocenters. The van der Waals surface area contributed by atoms with Crippen molar-refractivity contribution < 1.29 is 30.2 Å². The number of fused-ring (bicyclic) bond motifs is 6. The average molecular weight is 790 g/mol. The van der Waals surface area contributed by atoms with Crippen molar-refractivity contribution >= 4 is 43.6 Å². The van der Waals surface area contributed by atoms with Crippen molar-refractivity contribution in [3.63, 3.8) is 0 Å². The number of hydrogen-bond donors (Lipinski definition) is 0. The number of para-hydroxylation sites is 3. The maximum atomic E-state index is 6.30. The summed E-state index contributed by atoms with van der Waals surface area (Å²) >= 11 is 0. The molecule has 0 radical (unpaired) electrons. The fourth-order valence-electron chi connectivity index (χ4n) is 6.66. The van der Waals surface area contributed by atoms with E-state index in [1.54, 1.807) is 12.5 Å². The Bertz CT molecular complexity index is 2540. The third-order valence-corrected chi connectivity index (χ3v) is 8.64. The van der Waals surface area contributed by atoms with E-state index in [2.05, 4.69) is 119 Å². The Labute approximate surface area is 285 Å². The van der Waals surface area contributed by atoms with E-state index >= 15 is 0 Å². The van der Waals surface area contributed by atoms with Crippen molar-refractivity contribution in [1.82, 2.24) is 19.1 Å². The van der Waals surface area contributed by atoms with Gasteiger partial charge < -0.3 is 18.3 Å². The van der Waals surface area contributed by atoms with Crippen molar-refractivity contribution in [2.75, 3.05) is 0 Å². The molecule has 228 valence electrons. The van der Waals surface area contributed by atoms with E-state index in [1.807, 2.05) is 30.5 Å². The van der Waals surface area contributed by atoms with Gasteiger partial charge in [0.25, 0.3) is 0 Å². The van der Waals surface area contributed by atoms with Gasteiger partial charge in [-0.2, -0.15) is 6.07 Å². The standard InChI is InChI=1S/C40H26N4O2.Pt/c1-25-8-5-13-33-34-14-6-9-26(2)39(34)43(38(25)33)28-18-19-41-37(23-28)44-35-15-4-3-12-31(35)32-17-16-30(24-36(32)44)46-29-11-7-10-27(22-29)40-42-20-21-45-40;/h3-21,23H,1-2H3;/q-2;+2. The summed E-state index contributed by atoms with van der Waals surface area (Å²) < 4.78 is 16.3. The van der Waals surface area contributed by atoms with Crippen LogP contribution in [0.25, 0.3) is 66.6 Å². The van der Waals surface area contributed by atoms with Crippen molar-refractivity contribution in [1.29, 1.82) is 0 Å². The van der Waals surface area contributed by atoms with Gasteiger partial charge in [0.1, 0.15) is 11.7 Å². The SMILES string of the molecule is Cc1cccc2c3cccc(C)c3n(-c3ccnc(-n4c5[c-]c(Oc6[c-]c(-c7ncco7)ccc6)ccc5c5ccccc54)c3)c12.[Pt+2]. The van der Waals surface area contributed by atoms with Gasteiger partial charge >= 0.3 is 21.1 Å². The summed E-state index contributed by atoms with van der Waals surface area (Å²) in [5.74, 6) is 2.41. The average Bonchev–Trinajstić information content (AvgIpc) is 3.82. The predicted molar refractivity (Wildman–Crippen MR) is 182 cm³/mol. The molecule has 7 heteroatoms. The minimum atomic E-state index is 0. The number of oxazole rings is 1. The summed E-state index contributed by atoms with van der Waals surface area (Å²) in [4.78, 5) is 9.16. The molecule has 0 bridgehead atoms. The van der Waals surface area contributed by atoms with E-state index in [1.165, 1.54) is 32.9 Å². The van der Waals surface area contributed by atoms with E-state index in [4.69, 9.17) is 14.1 Å². The molecule has 9 rings (SSSR count). The molecule has 4 heterocycles. The Kier molecular flexibility index (Phi) is 7.04. The van der Waals surface area contributed by atoms with Crippen LogP contribution in [0.2, 0.25) is 0 Å². The van der Waals surface area contributed by atoms with Crippen LogP contribution >= 0.6 is 0 Å². The molecule has 9 aromatic rings. The first kappa shape index (κ1) is 29.0. The molecular weight excluding hydrogens is 764 g/mol. The molecule has 0 unspecified atom stereocenters. The number of hydrogen-bond acceptors (Lipinski definition) is 4. The minimum absolute atomic E-state index is 0. The fourth-order valence-corrected chi connectivity index (χ4v) is 6.66. The molecule has 0 saturated heterocycles. The van der Waals surface area contributed by atoms with E-state index < -0.39 is 0 Å². The number of nitrogens with zero attached hydrogens (tertiary/aromatic N) is 4. The largest absolute Gasteiger partial charge is 2.00 e. The first-order chi connectivity index (χ1) is 22.6. The van der Waals surface area contributed by atoms with Crippen LogP contribution in [-0.2, 0) is 21.1 Å². The summed E-state index contributed by atoms with van der Waals surface area (Å²) in [6.07, 6.45) is 5.05. The van der Waals surface area contributed by atoms with Gasteiger partial charge in [-0.15, -0.1) is 35.7 Å². The van der Waals surface area contributed by atoms with Gasteiger partial charge in [0.15, 0.2) is 0 Å². The van der Waals surface area contributed by atoms with Gasteiger partial charge in [-0.3, -0.25) is 4.98 Å². The summed E-state index contributed by atoms with van der Waals surface area (Å²) in [6.45, 7) is 4.35. The second-order valence-corrected chi connectivity index (χ2v) is 11.5. The Morgan fingerprint density at radius 2 is 1.36 bits per heavy atom. The number of ether oxygens (including phenoxy) is 1. The van der Waals surface area contributed by atoms with Crippen LogP contribution in [0.4, 0.5) is 0 Å². The van der Waals surface area contributed by atoms with Gasteiger partial charge in [0.2, 0.25) is 0 Å². The second-order valence-electron chi connectivity index (χ2n) is 11.5. The van der Waals surface area contributed by atoms with E-state index in [9.17, 15) is 0 Å². The summed E-state index contributed by atoms with van der Waals surface area (Å²) in [5, 5.41) is 4.67. The smallest absolute Gasteiger partial charge is 0.503 e. The van der Waals surface area contributed by atoms with Crippen molar-refractivity contribution in [3.05, 3.63) is 145 Å². The first-order valence-corrected chi connectivity index (χ1v) is 15.2. The molecular formula is C40H26N4O2Pt. The topological polar surface area (TPSA) is 58.0 Å². The van der Waals surface area contributed by atoms with Crippen molar-refractivity contribution in [2.45, 2.75) is 13.8 Å². The molecule has 47 heavy (non-hydrogen) atoms. The molecule has 0 spiro atoms. The van der Waals surface area contributed by atoms with Crippen molar-refractivity contribution in [2.24, 2.45) is 0 Å². The van der Waals surface area contributed by atoms with Crippen LogP contribution in [0.5, 0.6) is 11.5 Å². The first-order valence-electron chi connectivity index (χ1n) is 15.2. The molecule has 0 aliphatic rings. The van der Waals surface area contributed by atoms with Gasteiger partial charge in [-0.1, -0.05) is 71.7 Å². The van der Waals surface area contributed by atoms with Crippen molar-refractivity contribution in [3.8, 4) is 34.5 Å². The summed E-state index contributed by atoms with van der Waals surface area (Å²) in [6, 6.07) is 42.2. The number of rotatable bonds is 5. The minimum Gasteiger partial charge on any atom is -0.503 e. The van der Waals surface area contributed by atoms with Gasteiger partial charge in [0, 0.05) is 40.1 Å². The summed E-state index contributed by atoms with van der Waals surface area (Å²) in [7, 11) is 0. The fraction of sp³-hybridized carbons (Fsp3) is 0.0500. The maximum absolute atomic E-state index is 6.30. The quantitative estimate of drug-likeness (QED) is 0.163. The third-order valence-electron chi connectivity index (χ3n) is 8.64. The zero-order valence-electron chi connectivity index (χ0n) is 25.5. The molecule has 0 fully saturated rings. The second kappa shape index (κ2) is 11.4. The van der Waals surface area contributed by atoms with Crippen LogP contribution in [0, 0.1) is 26.0 Å². The van der Waals surface area contributed by atoms with Gasteiger partial charge in [-0.25, -0.2) is 4.98 Å². The monoisotopic (exact) mass is 789 g/mol. The van der Waals surface area contributed by atoms with E-state index in [-0.39, 0.29) is 21.1 Å². The summed E-state index contributed by atoms with van der Waals surface area (Å²) in [5.41, 5.74) is 8.54. The molecule has 0 N–H and O–H groups in total. The molecule has 0 aliphatic carbocycles.